The molecule has 86 valence electrons. The van der Waals surface area contributed by atoms with Crippen molar-refractivity contribution in [1.29, 1.82) is 0 Å². The predicted octanol–water partition coefficient (Wildman–Crippen LogP) is 1.43. The van der Waals surface area contributed by atoms with Crippen molar-refractivity contribution in [2.24, 2.45) is 7.05 Å². The van der Waals surface area contributed by atoms with Crippen LogP contribution in [0.3, 0.4) is 0 Å². The molecule has 0 bridgehead atoms. The van der Waals surface area contributed by atoms with Gasteiger partial charge in [0.2, 0.25) is 0 Å². The number of anilines is 1. The molecule has 0 spiro atoms. The molecule has 5 nitrogen and oxygen atoms in total. The third-order valence-electron chi connectivity index (χ3n) is 2.73. The molecule has 1 atom stereocenters. The second kappa shape index (κ2) is 4.25. The molecule has 0 aliphatic carbocycles. The SMILES string of the molecule is CC(CCl)N(C)c1ncnc2c1cnn2C. The molecule has 0 saturated carbocycles. The van der Waals surface area contributed by atoms with Crippen molar-refractivity contribution >= 4 is 28.5 Å². The molecule has 0 aliphatic rings. The molecule has 1 unspecified atom stereocenters. The van der Waals surface area contributed by atoms with Crippen LogP contribution in [0, 0.1) is 0 Å². The summed E-state index contributed by atoms with van der Waals surface area (Å²) in [7, 11) is 3.84. The van der Waals surface area contributed by atoms with Crippen molar-refractivity contribution in [3.63, 3.8) is 0 Å². The summed E-state index contributed by atoms with van der Waals surface area (Å²) in [5.74, 6) is 1.42. The van der Waals surface area contributed by atoms with Crippen LogP contribution in [0.4, 0.5) is 5.82 Å². The number of halogens is 1. The fourth-order valence-corrected chi connectivity index (χ4v) is 1.75. The van der Waals surface area contributed by atoms with Gasteiger partial charge < -0.3 is 4.90 Å². The number of hydrogen-bond acceptors (Lipinski definition) is 4. The van der Waals surface area contributed by atoms with Crippen molar-refractivity contribution in [2.45, 2.75) is 13.0 Å². The second-order valence-corrected chi connectivity index (χ2v) is 4.13. The Labute approximate surface area is 99.0 Å². The Bertz CT molecular complexity index is 495. The van der Waals surface area contributed by atoms with E-state index in [0.717, 1.165) is 16.9 Å². The largest absolute Gasteiger partial charge is 0.355 e. The number of fused-ring (bicyclic) bond motifs is 1. The molecule has 0 radical (unpaired) electrons. The van der Waals surface area contributed by atoms with Crippen LogP contribution in [0.15, 0.2) is 12.5 Å². The van der Waals surface area contributed by atoms with Gasteiger partial charge in [0.1, 0.15) is 12.1 Å². The zero-order chi connectivity index (χ0) is 11.7. The maximum Gasteiger partial charge on any atom is 0.163 e. The first-order valence-electron chi connectivity index (χ1n) is 5.06. The lowest BCUT2D eigenvalue weighted by atomic mass is 10.3. The summed E-state index contributed by atoms with van der Waals surface area (Å²) in [5.41, 5.74) is 0.832. The molecule has 2 rings (SSSR count). The first-order chi connectivity index (χ1) is 7.65. The Kier molecular flexibility index (Phi) is 2.96. The van der Waals surface area contributed by atoms with Crippen LogP contribution in [-0.4, -0.2) is 38.7 Å². The molecule has 0 saturated heterocycles. The number of rotatable bonds is 3. The van der Waals surface area contributed by atoms with Crippen LogP contribution in [0.1, 0.15) is 6.92 Å². The highest BCUT2D eigenvalue weighted by Crippen LogP contribution is 2.22. The van der Waals surface area contributed by atoms with Gasteiger partial charge in [-0.1, -0.05) is 0 Å². The molecule has 0 aromatic carbocycles. The molecule has 2 heterocycles. The van der Waals surface area contributed by atoms with Crippen LogP contribution < -0.4 is 4.90 Å². The van der Waals surface area contributed by atoms with Gasteiger partial charge in [0.05, 0.1) is 11.6 Å². The van der Waals surface area contributed by atoms with Crippen LogP contribution >= 0.6 is 11.6 Å². The molecule has 0 N–H and O–H groups in total. The van der Waals surface area contributed by atoms with E-state index in [9.17, 15) is 0 Å². The monoisotopic (exact) mass is 239 g/mol. The molecular weight excluding hydrogens is 226 g/mol. The Morgan fingerprint density at radius 3 is 2.94 bits per heavy atom. The van der Waals surface area contributed by atoms with Gasteiger partial charge in [0.15, 0.2) is 5.65 Å². The number of aryl methyl sites for hydroxylation is 1. The first kappa shape index (κ1) is 11.1. The number of alkyl halides is 1. The zero-order valence-electron chi connectivity index (χ0n) is 9.55. The average molecular weight is 240 g/mol. The summed E-state index contributed by atoms with van der Waals surface area (Å²) in [5, 5.41) is 5.13. The minimum Gasteiger partial charge on any atom is -0.355 e. The smallest absolute Gasteiger partial charge is 0.163 e. The Balaban J connectivity index is 2.52. The maximum atomic E-state index is 5.85. The first-order valence-corrected chi connectivity index (χ1v) is 5.60. The van der Waals surface area contributed by atoms with Gasteiger partial charge in [-0.25, -0.2) is 9.97 Å². The van der Waals surface area contributed by atoms with Gasteiger partial charge in [0, 0.05) is 26.0 Å². The fourth-order valence-electron chi connectivity index (χ4n) is 1.54. The minimum absolute atomic E-state index is 0.222. The number of hydrogen-bond donors (Lipinski definition) is 0. The summed E-state index contributed by atoms with van der Waals surface area (Å²) < 4.78 is 1.74. The average Bonchev–Trinajstić information content (AvgIpc) is 2.69. The topological polar surface area (TPSA) is 46.8 Å². The van der Waals surface area contributed by atoms with Crippen molar-refractivity contribution in [2.75, 3.05) is 17.8 Å². The normalized spacial score (nSPS) is 13.0. The lowest BCUT2D eigenvalue weighted by Gasteiger charge is -2.24. The quantitative estimate of drug-likeness (QED) is 0.761. The molecule has 16 heavy (non-hydrogen) atoms. The van der Waals surface area contributed by atoms with E-state index in [4.69, 9.17) is 11.6 Å². The lowest BCUT2D eigenvalue weighted by molar-refractivity contribution is 0.750. The van der Waals surface area contributed by atoms with Gasteiger partial charge in [0.25, 0.3) is 0 Å². The van der Waals surface area contributed by atoms with E-state index in [-0.39, 0.29) is 6.04 Å². The van der Waals surface area contributed by atoms with Crippen molar-refractivity contribution in [1.82, 2.24) is 19.7 Å². The highest BCUT2D eigenvalue weighted by molar-refractivity contribution is 6.18. The van der Waals surface area contributed by atoms with Gasteiger partial charge in [-0.2, -0.15) is 5.10 Å². The van der Waals surface area contributed by atoms with Gasteiger partial charge in [-0.3, -0.25) is 4.68 Å². The van der Waals surface area contributed by atoms with Crippen LogP contribution in [0.25, 0.3) is 11.0 Å². The highest BCUT2D eigenvalue weighted by Gasteiger charge is 2.15. The van der Waals surface area contributed by atoms with E-state index in [2.05, 4.69) is 22.0 Å². The van der Waals surface area contributed by atoms with Crippen molar-refractivity contribution in [3.8, 4) is 0 Å². The second-order valence-electron chi connectivity index (χ2n) is 3.82. The molecule has 2 aromatic rings. The zero-order valence-corrected chi connectivity index (χ0v) is 10.3. The van der Waals surface area contributed by atoms with E-state index < -0.39 is 0 Å². The third kappa shape index (κ3) is 1.71. The van der Waals surface area contributed by atoms with E-state index in [1.807, 2.05) is 19.0 Å². The minimum atomic E-state index is 0.222. The Morgan fingerprint density at radius 2 is 2.25 bits per heavy atom. The molecule has 2 aromatic heterocycles. The standard InChI is InChI=1S/C10H14ClN5/c1-7(4-11)15(2)9-8-5-14-16(3)10(8)13-6-12-9/h5-7H,4H2,1-3H3. The van der Waals surface area contributed by atoms with Gasteiger partial charge in [-0.05, 0) is 6.92 Å². The highest BCUT2D eigenvalue weighted by atomic mass is 35.5. The predicted molar refractivity (Wildman–Crippen MR) is 64.9 cm³/mol. The molecule has 6 heteroatoms. The summed E-state index contributed by atoms with van der Waals surface area (Å²) >= 11 is 5.85. The fraction of sp³-hybridized carbons (Fsp3) is 0.500. The third-order valence-corrected chi connectivity index (χ3v) is 3.17. The van der Waals surface area contributed by atoms with E-state index in [1.54, 1.807) is 17.2 Å². The van der Waals surface area contributed by atoms with Crippen molar-refractivity contribution in [3.05, 3.63) is 12.5 Å². The van der Waals surface area contributed by atoms with E-state index in [0.29, 0.717) is 5.88 Å². The summed E-state index contributed by atoms with van der Waals surface area (Å²) in [6.45, 7) is 2.05. The molecule has 0 amide bonds. The summed E-state index contributed by atoms with van der Waals surface area (Å²) in [6.07, 6.45) is 3.33. The lowest BCUT2D eigenvalue weighted by Crippen LogP contribution is -2.31. The van der Waals surface area contributed by atoms with E-state index in [1.165, 1.54) is 0 Å². The van der Waals surface area contributed by atoms with Gasteiger partial charge >= 0.3 is 0 Å². The Morgan fingerprint density at radius 1 is 1.50 bits per heavy atom. The summed E-state index contributed by atoms with van der Waals surface area (Å²) in [4.78, 5) is 10.5. The maximum absolute atomic E-state index is 5.85. The van der Waals surface area contributed by atoms with Crippen LogP contribution in [-0.2, 0) is 7.05 Å². The van der Waals surface area contributed by atoms with Crippen LogP contribution in [0.2, 0.25) is 0 Å². The van der Waals surface area contributed by atoms with Gasteiger partial charge in [-0.15, -0.1) is 11.6 Å². The number of nitrogens with zero attached hydrogens (tertiary/aromatic N) is 5. The Hall–Kier alpha value is -1.36. The molecular formula is C10H14ClN5. The van der Waals surface area contributed by atoms with Crippen molar-refractivity contribution < 1.29 is 0 Å². The molecule has 0 fully saturated rings. The molecule has 0 aliphatic heterocycles. The van der Waals surface area contributed by atoms with Crippen LogP contribution in [0.5, 0.6) is 0 Å². The summed E-state index contributed by atoms with van der Waals surface area (Å²) in [6, 6.07) is 0.222. The van der Waals surface area contributed by atoms with E-state index >= 15 is 0 Å². The number of aromatic nitrogens is 4.